The molecule has 0 aromatic heterocycles. The maximum absolute atomic E-state index is 2.40. The summed E-state index contributed by atoms with van der Waals surface area (Å²) in [5.74, 6) is 0.457. The Balaban J connectivity index is 1.72. The highest BCUT2D eigenvalue weighted by molar-refractivity contribution is 5.88. The van der Waals surface area contributed by atoms with E-state index in [1.165, 1.54) is 39.0 Å². The van der Waals surface area contributed by atoms with Gasteiger partial charge in [0.2, 0.25) is 0 Å². The van der Waals surface area contributed by atoms with Crippen molar-refractivity contribution < 1.29 is 0 Å². The lowest BCUT2D eigenvalue weighted by Crippen LogP contribution is -2.21. The van der Waals surface area contributed by atoms with E-state index in [4.69, 9.17) is 0 Å². The first-order chi connectivity index (χ1) is 13.8. The van der Waals surface area contributed by atoms with E-state index in [-0.39, 0.29) is 0 Å². The summed E-state index contributed by atoms with van der Waals surface area (Å²) in [4.78, 5) is 2.40. The van der Waals surface area contributed by atoms with E-state index in [2.05, 4.69) is 115 Å². The lowest BCUT2D eigenvalue weighted by Gasteiger charge is -2.32. The van der Waals surface area contributed by atoms with Gasteiger partial charge in [-0.25, -0.2) is 0 Å². The quantitative estimate of drug-likeness (QED) is 0.475. The molecule has 2 aliphatic carbocycles. The van der Waals surface area contributed by atoms with Crippen molar-refractivity contribution in [3.8, 4) is 0 Å². The largest absolute Gasteiger partial charge is 0.310 e. The first-order valence-electron chi connectivity index (χ1n) is 9.91. The molecule has 0 aliphatic heterocycles. The molecule has 2 aliphatic rings. The number of allylic oxidation sites excluding steroid dienone is 7. The number of anilines is 2. The molecule has 0 spiro atoms. The Kier molecular flexibility index (Phi) is 4.21. The van der Waals surface area contributed by atoms with Crippen molar-refractivity contribution in [1.82, 2.24) is 0 Å². The lowest BCUT2D eigenvalue weighted by atomic mass is 9.86. The molecule has 3 aromatic rings. The van der Waals surface area contributed by atoms with E-state index < -0.39 is 0 Å². The molecular formula is C27H23N. The van der Waals surface area contributed by atoms with E-state index in [0.29, 0.717) is 5.92 Å². The summed E-state index contributed by atoms with van der Waals surface area (Å²) in [6.45, 7) is 2.14. The number of benzene rings is 3. The maximum atomic E-state index is 2.40. The minimum absolute atomic E-state index is 0.457. The van der Waals surface area contributed by atoms with Crippen LogP contribution in [-0.2, 0) is 0 Å². The number of rotatable bonds is 3. The fourth-order valence-corrected chi connectivity index (χ4v) is 4.13. The number of nitrogens with zero attached hydrogens (tertiary/aromatic N) is 1. The Hall–Kier alpha value is -3.32. The van der Waals surface area contributed by atoms with Crippen LogP contribution >= 0.6 is 0 Å². The molecule has 0 radical (unpaired) electrons. The van der Waals surface area contributed by atoms with Crippen LogP contribution in [0.15, 0.2) is 114 Å². The monoisotopic (exact) mass is 361 g/mol. The number of aryl methyl sites for hydroxylation is 1. The molecule has 1 atom stereocenters. The van der Waals surface area contributed by atoms with Crippen molar-refractivity contribution in [3.63, 3.8) is 0 Å². The number of hydrogen-bond acceptors (Lipinski definition) is 1. The van der Waals surface area contributed by atoms with Gasteiger partial charge in [-0.1, -0.05) is 78.4 Å². The van der Waals surface area contributed by atoms with E-state index in [9.17, 15) is 0 Å². The second kappa shape index (κ2) is 7.01. The van der Waals surface area contributed by atoms with Gasteiger partial charge in [0.05, 0.1) is 0 Å². The predicted molar refractivity (Wildman–Crippen MR) is 120 cm³/mol. The Morgan fingerprint density at radius 2 is 1.57 bits per heavy atom. The van der Waals surface area contributed by atoms with Crippen molar-refractivity contribution in [3.05, 3.63) is 120 Å². The molecular weight excluding hydrogens is 338 g/mol. The van der Waals surface area contributed by atoms with Gasteiger partial charge in [-0.05, 0) is 60.0 Å². The van der Waals surface area contributed by atoms with Gasteiger partial charge in [-0.3, -0.25) is 0 Å². The third kappa shape index (κ3) is 2.99. The van der Waals surface area contributed by atoms with E-state index in [0.717, 1.165) is 6.42 Å². The summed E-state index contributed by atoms with van der Waals surface area (Å²) >= 11 is 0. The molecule has 1 heteroatoms. The van der Waals surface area contributed by atoms with Crippen LogP contribution in [0, 0.1) is 12.8 Å². The fraction of sp³-hybridized carbons (Fsp3) is 0.111. The Bertz CT molecular complexity index is 1140. The van der Waals surface area contributed by atoms with Crippen molar-refractivity contribution in [2.75, 3.05) is 4.90 Å². The van der Waals surface area contributed by atoms with Gasteiger partial charge in [0.25, 0.3) is 0 Å². The maximum Gasteiger partial charge on any atom is 0.0496 e. The molecule has 0 N–H and O–H groups in total. The minimum Gasteiger partial charge on any atom is -0.310 e. The molecule has 0 amide bonds. The fourth-order valence-electron chi connectivity index (χ4n) is 4.13. The molecule has 28 heavy (non-hydrogen) atoms. The highest BCUT2D eigenvalue weighted by Gasteiger charge is 2.23. The van der Waals surface area contributed by atoms with Crippen LogP contribution in [0.3, 0.4) is 0 Å². The number of hydrogen-bond donors (Lipinski definition) is 0. The molecule has 0 fully saturated rings. The zero-order valence-electron chi connectivity index (χ0n) is 16.0. The molecule has 136 valence electrons. The SMILES string of the molecule is Cc1ccc(N(C2=C3C=CC=CC3CC=C2)c2ccc3ccccc3c2)cc1. The standard InChI is InChI=1S/C27H23N/c1-20-13-16-24(17-14-20)28(25-18-15-21-7-2-3-9-23(21)19-25)27-12-6-10-22-8-4-5-11-26(22)27/h2-9,11-19,22H,10H2,1H3. The normalized spacial score (nSPS) is 17.8. The topological polar surface area (TPSA) is 3.24 Å². The third-order valence-electron chi connectivity index (χ3n) is 5.62. The van der Waals surface area contributed by atoms with Crippen LogP contribution in [-0.4, -0.2) is 0 Å². The van der Waals surface area contributed by atoms with Crippen LogP contribution in [0.5, 0.6) is 0 Å². The number of fused-ring (bicyclic) bond motifs is 2. The van der Waals surface area contributed by atoms with Gasteiger partial charge in [-0.2, -0.15) is 0 Å². The van der Waals surface area contributed by atoms with Crippen molar-refractivity contribution in [2.45, 2.75) is 13.3 Å². The summed E-state index contributed by atoms with van der Waals surface area (Å²) in [6, 6.07) is 24.1. The van der Waals surface area contributed by atoms with Gasteiger partial charge < -0.3 is 4.90 Å². The van der Waals surface area contributed by atoms with Gasteiger partial charge in [-0.15, -0.1) is 0 Å². The van der Waals surface area contributed by atoms with Gasteiger partial charge in [0.1, 0.15) is 0 Å². The van der Waals surface area contributed by atoms with Crippen molar-refractivity contribution in [2.24, 2.45) is 5.92 Å². The van der Waals surface area contributed by atoms with Gasteiger partial charge in [0.15, 0.2) is 0 Å². The summed E-state index contributed by atoms with van der Waals surface area (Å²) in [5.41, 5.74) is 6.31. The summed E-state index contributed by atoms with van der Waals surface area (Å²) < 4.78 is 0. The average molecular weight is 361 g/mol. The highest BCUT2D eigenvalue weighted by atomic mass is 15.1. The Morgan fingerprint density at radius 1 is 0.786 bits per heavy atom. The first-order valence-corrected chi connectivity index (χ1v) is 9.91. The summed E-state index contributed by atoms with van der Waals surface area (Å²) in [6.07, 6.45) is 14.5. The molecule has 1 unspecified atom stereocenters. The molecule has 3 aromatic carbocycles. The molecule has 0 saturated heterocycles. The van der Waals surface area contributed by atoms with Crippen LogP contribution in [0.4, 0.5) is 11.4 Å². The van der Waals surface area contributed by atoms with E-state index in [1.54, 1.807) is 0 Å². The Morgan fingerprint density at radius 3 is 2.43 bits per heavy atom. The van der Waals surface area contributed by atoms with Crippen LogP contribution in [0.25, 0.3) is 10.8 Å². The molecule has 0 saturated carbocycles. The van der Waals surface area contributed by atoms with Gasteiger partial charge >= 0.3 is 0 Å². The molecule has 0 bridgehead atoms. The second-order valence-corrected chi connectivity index (χ2v) is 7.53. The highest BCUT2D eigenvalue weighted by Crippen LogP contribution is 2.39. The molecule has 5 rings (SSSR count). The summed E-state index contributed by atoms with van der Waals surface area (Å²) in [5, 5.41) is 2.53. The smallest absolute Gasteiger partial charge is 0.0496 e. The predicted octanol–water partition coefficient (Wildman–Crippen LogP) is 7.24. The summed E-state index contributed by atoms with van der Waals surface area (Å²) in [7, 11) is 0. The van der Waals surface area contributed by atoms with Gasteiger partial charge in [0, 0.05) is 23.0 Å². The Labute approximate surface area is 166 Å². The van der Waals surface area contributed by atoms with Crippen LogP contribution < -0.4 is 4.90 Å². The van der Waals surface area contributed by atoms with Crippen molar-refractivity contribution >= 4 is 22.1 Å². The minimum atomic E-state index is 0.457. The molecule has 1 nitrogen and oxygen atoms in total. The van der Waals surface area contributed by atoms with Crippen LogP contribution in [0.2, 0.25) is 0 Å². The molecule has 0 heterocycles. The third-order valence-corrected chi connectivity index (χ3v) is 5.62. The zero-order valence-corrected chi connectivity index (χ0v) is 16.0. The first kappa shape index (κ1) is 16.8. The zero-order chi connectivity index (χ0) is 18.9. The average Bonchev–Trinajstić information content (AvgIpc) is 2.75. The van der Waals surface area contributed by atoms with E-state index >= 15 is 0 Å². The second-order valence-electron chi connectivity index (χ2n) is 7.53. The van der Waals surface area contributed by atoms with Crippen molar-refractivity contribution in [1.29, 1.82) is 0 Å². The lowest BCUT2D eigenvalue weighted by molar-refractivity contribution is 0.763. The van der Waals surface area contributed by atoms with E-state index in [1.807, 2.05) is 0 Å². The van der Waals surface area contributed by atoms with Crippen LogP contribution in [0.1, 0.15) is 12.0 Å².